The van der Waals surface area contributed by atoms with Crippen LogP contribution in [0.15, 0.2) is 48.7 Å². The standard InChI is InChI=1S/C15H15N3O/c1-10(13-4-2-3-5-15(13)19)17-12-6-7-14-11(8-12)9-16-18-14/h2-10,17,19H,1H3,(H,16,18). The van der Waals surface area contributed by atoms with E-state index in [1.54, 1.807) is 12.3 Å². The van der Waals surface area contributed by atoms with Crippen LogP contribution in [0.2, 0.25) is 0 Å². The first-order valence-electron chi connectivity index (χ1n) is 6.21. The first kappa shape index (κ1) is 11.6. The molecular weight excluding hydrogens is 238 g/mol. The maximum absolute atomic E-state index is 9.84. The number of nitrogens with one attached hydrogen (secondary N) is 2. The molecule has 0 fully saturated rings. The van der Waals surface area contributed by atoms with Gasteiger partial charge in [0.1, 0.15) is 5.75 Å². The lowest BCUT2D eigenvalue weighted by Crippen LogP contribution is -2.06. The molecular formula is C15H15N3O. The Morgan fingerprint density at radius 2 is 2.05 bits per heavy atom. The number of hydrogen-bond acceptors (Lipinski definition) is 3. The number of aromatic hydroxyl groups is 1. The van der Waals surface area contributed by atoms with Gasteiger partial charge in [-0.05, 0) is 31.2 Å². The van der Waals surface area contributed by atoms with Crippen LogP contribution < -0.4 is 5.32 Å². The van der Waals surface area contributed by atoms with Gasteiger partial charge in [0, 0.05) is 16.6 Å². The van der Waals surface area contributed by atoms with E-state index in [1.807, 2.05) is 43.3 Å². The van der Waals surface area contributed by atoms with Gasteiger partial charge in [-0.1, -0.05) is 18.2 Å². The molecule has 2 aromatic carbocycles. The molecule has 1 unspecified atom stereocenters. The van der Waals surface area contributed by atoms with Crippen molar-refractivity contribution < 1.29 is 5.11 Å². The van der Waals surface area contributed by atoms with Crippen LogP contribution in [0.25, 0.3) is 10.9 Å². The lowest BCUT2D eigenvalue weighted by Gasteiger charge is -2.16. The highest BCUT2D eigenvalue weighted by molar-refractivity contribution is 5.81. The molecule has 1 aromatic heterocycles. The molecule has 0 aliphatic rings. The first-order chi connectivity index (χ1) is 9.24. The lowest BCUT2D eigenvalue weighted by molar-refractivity contribution is 0.465. The summed E-state index contributed by atoms with van der Waals surface area (Å²) in [6.45, 7) is 2.02. The highest BCUT2D eigenvalue weighted by Gasteiger charge is 2.09. The number of nitrogens with zero attached hydrogens (tertiary/aromatic N) is 1. The minimum atomic E-state index is 0.0329. The fourth-order valence-corrected chi connectivity index (χ4v) is 2.21. The Labute approximate surface area is 111 Å². The molecule has 1 atom stereocenters. The van der Waals surface area contributed by atoms with Crippen molar-refractivity contribution in [1.82, 2.24) is 10.2 Å². The van der Waals surface area contributed by atoms with Gasteiger partial charge in [0.05, 0.1) is 17.8 Å². The number of aromatic amines is 1. The maximum atomic E-state index is 9.84. The van der Waals surface area contributed by atoms with Crippen molar-refractivity contribution in [1.29, 1.82) is 0 Å². The summed E-state index contributed by atoms with van der Waals surface area (Å²) in [7, 11) is 0. The maximum Gasteiger partial charge on any atom is 0.120 e. The second-order valence-electron chi connectivity index (χ2n) is 4.60. The van der Waals surface area contributed by atoms with Gasteiger partial charge in [-0.25, -0.2) is 0 Å². The molecule has 4 nitrogen and oxygen atoms in total. The Morgan fingerprint density at radius 1 is 1.21 bits per heavy atom. The molecule has 96 valence electrons. The minimum absolute atomic E-state index is 0.0329. The van der Waals surface area contributed by atoms with Crippen molar-refractivity contribution in [2.24, 2.45) is 0 Å². The molecule has 0 spiro atoms. The zero-order valence-electron chi connectivity index (χ0n) is 10.6. The number of phenolic OH excluding ortho intramolecular Hbond substituents is 1. The second kappa shape index (κ2) is 4.65. The van der Waals surface area contributed by atoms with Gasteiger partial charge in [0.15, 0.2) is 0 Å². The van der Waals surface area contributed by atoms with Crippen molar-refractivity contribution >= 4 is 16.6 Å². The van der Waals surface area contributed by atoms with Crippen LogP contribution in [0.1, 0.15) is 18.5 Å². The van der Waals surface area contributed by atoms with Crippen molar-refractivity contribution in [3.63, 3.8) is 0 Å². The Hall–Kier alpha value is -2.49. The van der Waals surface area contributed by atoms with E-state index < -0.39 is 0 Å². The second-order valence-corrected chi connectivity index (χ2v) is 4.60. The van der Waals surface area contributed by atoms with Crippen LogP contribution in [0.4, 0.5) is 5.69 Å². The van der Waals surface area contributed by atoms with Crippen molar-refractivity contribution in [3.8, 4) is 5.75 Å². The summed E-state index contributed by atoms with van der Waals surface area (Å²) in [4.78, 5) is 0. The topological polar surface area (TPSA) is 60.9 Å². The van der Waals surface area contributed by atoms with Crippen LogP contribution in [-0.2, 0) is 0 Å². The van der Waals surface area contributed by atoms with E-state index in [2.05, 4.69) is 15.5 Å². The number of anilines is 1. The van der Waals surface area contributed by atoms with Gasteiger partial charge in [-0.2, -0.15) is 5.10 Å². The Morgan fingerprint density at radius 3 is 2.89 bits per heavy atom. The Bertz CT molecular complexity index is 705. The molecule has 0 saturated heterocycles. The Kier molecular flexibility index (Phi) is 2.83. The number of para-hydroxylation sites is 1. The quantitative estimate of drug-likeness (QED) is 0.670. The predicted molar refractivity (Wildman–Crippen MR) is 76.2 cm³/mol. The Balaban J connectivity index is 1.86. The van der Waals surface area contributed by atoms with Crippen molar-refractivity contribution in [3.05, 3.63) is 54.2 Å². The molecule has 0 saturated carbocycles. The van der Waals surface area contributed by atoms with E-state index in [0.29, 0.717) is 5.75 Å². The molecule has 0 aliphatic heterocycles. The van der Waals surface area contributed by atoms with Gasteiger partial charge < -0.3 is 10.4 Å². The van der Waals surface area contributed by atoms with E-state index in [9.17, 15) is 5.11 Å². The fourth-order valence-electron chi connectivity index (χ4n) is 2.21. The summed E-state index contributed by atoms with van der Waals surface area (Å²) in [5.74, 6) is 0.312. The van der Waals surface area contributed by atoms with Crippen LogP contribution in [0, 0.1) is 0 Å². The van der Waals surface area contributed by atoms with E-state index in [4.69, 9.17) is 0 Å². The van der Waals surface area contributed by atoms with Gasteiger partial charge >= 0.3 is 0 Å². The number of fused-ring (bicyclic) bond motifs is 1. The largest absolute Gasteiger partial charge is 0.508 e. The summed E-state index contributed by atoms with van der Waals surface area (Å²) in [6.07, 6.45) is 1.80. The normalized spacial score (nSPS) is 12.5. The minimum Gasteiger partial charge on any atom is -0.508 e. The molecule has 0 bridgehead atoms. The molecule has 19 heavy (non-hydrogen) atoms. The van der Waals surface area contributed by atoms with Crippen LogP contribution >= 0.6 is 0 Å². The molecule has 3 rings (SSSR count). The molecule has 3 N–H and O–H groups in total. The summed E-state index contributed by atoms with van der Waals surface area (Å²) in [5.41, 5.74) is 2.90. The molecule has 4 heteroatoms. The number of rotatable bonds is 3. The van der Waals surface area contributed by atoms with E-state index >= 15 is 0 Å². The zero-order valence-corrected chi connectivity index (χ0v) is 10.6. The molecule has 0 aliphatic carbocycles. The molecule has 1 heterocycles. The number of aromatic nitrogens is 2. The van der Waals surface area contributed by atoms with Crippen LogP contribution in [0.5, 0.6) is 5.75 Å². The number of hydrogen-bond donors (Lipinski definition) is 3. The lowest BCUT2D eigenvalue weighted by atomic mass is 10.1. The highest BCUT2D eigenvalue weighted by atomic mass is 16.3. The summed E-state index contributed by atoms with van der Waals surface area (Å²) in [5, 5.41) is 21.2. The van der Waals surface area contributed by atoms with Crippen LogP contribution in [0.3, 0.4) is 0 Å². The molecule has 0 amide bonds. The zero-order chi connectivity index (χ0) is 13.2. The average molecular weight is 253 g/mol. The molecule has 0 radical (unpaired) electrons. The summed E-state index contributed by atoms with van der Waals surface area (Å²) < 4.78 is 0. The number of phenols is 1. The van der Waals surface area contributed by atoms with Crippen molar-refractivity contribution in [2.45, 2.75) is 13.0 Å². The van der Waals surface area contributed by atoms with Gasteiger partial charge in [0.2, 0.25) is 0 Å². The van der Waals surface area contributed by atoms with Crippen LogP contribution in [-0.4, -0.2) is 15.3 Å². The average Bonchev–Trinajstić information content (AvgIpc) is 2.86. The monoisotopic (exact) mass is 253 g/mol. The number of H-pyrrole nitrogens is 1. The fraction of sp³-hybridized carbons (Fsp3) is 0.133. The highest BCUT2D eigenvalue weighted by Crippen LogP contribution is 2.27. The summed E-state index contributed by atoms with van der Waals surface area (Å²) >= 11 is 0. The smallest absolute Gasteiger partial charge is 0.120 e. The van der Waals surface area contributed by atoms with Gasteiger partial charge in [0.25, 0.3) is 0 Å². The van der Waals surface area contributed by atoms with E-state index in [0.717, 1.165) is 22.2 Å². The van der Waals surface area contributed by atoms with E-state index in [-0.39, 0.29) is 6.04 Å². The third kappa shape index (κ3) is 2.25. The van der Waals surface area contributed by atoms with Crippen molar-refractivity contribution in [2.75, 3.05) is 5.32 Å². The number of benzene rings is 2. The first-order valence-corrected chi connectivity index (χ1v) is 6.21. The van der Waals surface area contributed by atoms with Gasteiger partial charge in [-0.15, -0.1) is 0 Å². The summed E-state index contributed by atoms with van der Waals surface area (Å²) in [6, 6.07) is 13.4. The van der Waals surface area contributed by atoms with Gasteiger partial charge in [-0.3, -0.25) is 5.10 Å². The predicted octanol–water partition coefficient (Wildman–Crippen LogP) is 3.44. The molecule has 3 aromatic rings. The SMILES string of the molecule is CC(Nc1ccc2[nH]ncc2c1)c1ccccc1O. The third-order valence-corrected chi connectivity index (χ3v) is 3.23. The third-order valence-electron chi connectivity index (χ3n) is 3.23. The van der Waals surface area contributed by atoms with E-state index in [1.165, 1.54) is 0 Å².